The van der Waals surface area contributed by atoms with Crippen molar-refractivity contribution in [3.63, 3.8) is 0 Å². The standard InChI is InChI=1S/C29H24N4O3/c34-29(31-22-14-15-26-27(18-22)36-19-35-26)30-21-8-6-7-20(17-21)13-16-28-32-24-11-4-5-12-25(24)33(28)23-9-2-1-3-10-23/h1-12,14-15,17-18H,13,16,19H2,(H2,30,31,34). The van der Waals surface area contributed by atoms with E-state index in [0.29, 0.717) is 17.2 Å². The number of urea groups is 1. The molecule has 0 saturated carbocycles. The Morgan fingerprint density at radius 3 is 2.44 bits per heavy atom. The zero-order chi connectivity index (χ0) is 24.3. The number of para-hydroxylation sites is 3. The normalized spacial score (nSPS) is 12.0. The van der Waals surface area contributed by atoms with Crippen LogP contribution in [0.25, 0.3) is 16.7 Å². The van der Waals surface area contributed by atoms with Crippen molar-refractivity contribution in [2.75, 3.05) is 17.4 Å². The van der Waals surface area contributed by atoms with Gasteiger partial charge in [0.25, 0.3) is 0 Å². The molecule has 0 fully saturated rings. The van der Waals surface area contributed by atoms with Crippen molar-refractivity contribution in [3.05, 3.63) is 108 Å². The predicted octanol–water partition coefficient (Wildman–Crippen LogP) is 6.18. The number of carbonyl (C=O) groups excluding carboxylic acids is 1. The van der Waals surface area contributed by atoms with Gasteiger partial charge in [-0.25, -0.2) is 9.78 Å². The van der Waals surface area contributed by atoms with E-state index in [1.165, 1.54) is 0 Å². The minimum atomic E-state index is -0.322. The fraction of sp³-hybridized carbons (Fsp3) is 0.103. The molecule has 7 nitrogen and oxygen atoms in total. The molecule has 0 bridgehead atoms. The van der Waals surface area contributed by atoms with E-state index in [0.717, 1.165) is 46.6 Å². The number of nitrogens with zero attached hydrogens (tertiary/aromatic N) is 2. The monoisotopic (exact) mass is 476 g/mol. The van der Waals surface area contributed by atoms with Crippen molar-refractivity contribution in [1.29, 1.82) is 0 Å². The lowest BCUT2D eigenvalue weighted by Gasteiger charge is -2.11. The Kier molecular flexibility index (Phi) is 5.71. The molecule has 1 aliphatic rings. The molecule has 0 spiro atoms. The number of rotatable bonds is 6. The lowest BCUT2D eigenvalue weighted by molar-refractivity contribution is 0.174. The fourth-order valence-electron chi connectivity index (χ4n) is 4.44. The van der Waals surface area contributed by atoms with Crippen LogP contribution in [0, 0.1) is 0 Å². The van der Waals surface area contributed by atoms with Gasteiger partial charge in [-0.3, -0.25) is 4.57 Å². The molecule has 7 heteroatoms. The Bertz CT molecular complexity index is 1550. The van der Waals surface area contributed by atoms with E-state index in [-0.39, 0.29) is 12.8 Å². The molecule has 0 saturated heterocycles. The summed E-state index contributed by atoms with van der Waals surface area (Å²) in [4.78, 5) is 17.5. The molecule has 36 heavy (non-hydrogen) atoms. The van der Waals surface area contributed by atoms with Gasteiger partial charge in [-0.2, -0.15) is 0 Å². The Hall–Kier alpha value is -4.78. The van der Waals surface area contributed by atoms with Crippen LogP contribution in [0.2, 0.25) is 0 Å². The van der Waals surface area contributed by atoms with Crippen molar-refractivity contribution in [3.8, 4) is 17.2 Å². The minimum Gasteiger partial charge on any atom is -0.454 e. The molecule has 178 valence electrons. The second-order valence-corrected chi connectivity index (χ2v) is 8.54. The van der Waals surface area contributed by atoms with E-state index in [4.69, 9.17) is 14.5 Å². The summed E-state index contributed by atoms with van der Waals surface area (Å²) in [5.74, 6) is 2.30. The highest BCUT2D eigenvalue weighted by Crippen LogP contribution is 2.34. The van der Waals surface area contributed by atoms with Gasteiger partial charge < -0.3 is 20.1 Å². The number of imidazole rings is 1. The number of anilines is 2. The van der Waals surface area contributed by atoms with Gasteiger partial charge in [0.05, 0.1) is 11.0 Å². The maximum atomic E-state index is 12.6. The number of amides is 2. The van der Waals surface area contributed by atoms with Crippen LogP contribution in [0.1, 0.15) is 11.4 Å². The van der Waals surface area contributed by atoms with E-state index in [1.807, 2.05) is 54.6 Å². The summed E-state index contributed by atoms with van der Waals surface area (Å²) in [6.45, 7) is 0.194. The molecular formula is C29H24N4O3. The third-order valence-electron chi connectivity index (χ3n) is 6.10. The summed E-state index contributed by atoms with van der Waals surface area (Å²) < 4.78 is 12.9. The number of ether oxygens (including phenoxy) is 2. The molecule has 1 aliphatic heterocycles. The quantitative estimate of drug-likeness (QED) is 0.307. The summed E-state index contributed by atoms with van der Waals surface area (Å²) in [6, 6.07) is 31.4. The first-order valence-corrected chi connectivity index (χ1v) is 11.8. The van der Waals surface area contributed by atoms with E-state index in [9.17, 15) is 4.79 Å². The lowest BCUT2D eigenvalue weighted by Crippen LogP contribution is -2.19. The predicted molar refractivity (Wildman–Crippen MR) is 140 cm³/mol. The topological polar surface area (TPSA) is 77.4 Å². The van der Waals surface area contributed by atoms with Gasteiger partial charge in [0.1, 0.15) is 5.82 Å². The minimum absolute atomic E-state index is 0.194. The molecule has 1 aromatic heterocycles. The third-order valence-corrected chi connectivity index (χ3v) is 6.10. The average molecular weight is 477 g/mol. The number of carbonyl (C=O) groups is 1. The molecule has 2 heterocycles. The van der Waals surface area contributed by atoms with Crippen molar-refractivity contribution in [2.24, 2.45) is 0 Å². The molecule has 6 rings (SSSR count). The Labute approximate surface area is 208 Å². The fourth-order valence-corrected chi connectivity index (χ4v) is 4.44. The summed E-state index contributed by atoms with van der Waals surface area (Å²) in [5, 5.41) is 5.75. The molecule has 0 radical (unpaired) electrons. The third kappa shape index (κ3) is 4.46. The van der Waals surface area contributed by atoms with Crippen molar-refractivity contribution in [2.45, 2.75) is 12.8 Å². The number of hydrogen-bond donors (Lipinski definition) is 2. The highest BCUT2D eigenvalue weighted by atomic mass is 16.7. The van der Waals surface area contributed by atoms with Crippen molar-refractivity contribution in [1.82, 2.24) is 9.55 Å². The molecular weight excluding hydrogens is 452 g/mol. The molecule has 5 aromatic rings. The molecule has 2 N–H and O–H groups in total. The first kappa shape index (κ1) is 21.7. The molecule has 0 atom stereocenters. The van der Waals surface area contributed by atoms with Crippen LogP contribution in [-0.2, 0) is 12.8 Å². The molecule has 4 aromatic carbocycles. The van der Waals surface area contributed by atoms with Crippen molar-refractivity contribution < 1.29 is 14.3 Å². The van der Waals surface area contributed by atoms with Crippen molar-refractivity contribution >= 4 is 28.4 Å². The van der Waals surface area contributed by atoms with Gasteiger partial charge in [-0.1, -0.05) is 42.5 Å². The number of aromatic nitrogens is 2. The molecule has 0 aliphatic carbocycles. The van der Waals surface area contributed by atoms with Crippen LogP contribution in [0.5, 0.6) is 11.5 Å². The first-order valence-electron chi connectivity index (χ1n) is 11.8. The lowest BCUT2D eigenvalue weighted by atomic mass is 10.1. The number of hydrogen-bond acceptors (Lipinski definition) is 4. The number of fused-ring (bicyclic) bond motifs is 2. The Balaban J connectivity index is 1.16. The van der Waals surface area contributed by atoms with Crippen LogP contribution in [0.15, 0.2) is 97.1 Å². The Morgan fingerprint density at radius 2 is 1.56 bits per heavy atom. The number of aryl methyl sites for hydroxylation is 2. The van der Waals surface area contributed by atoms with Gasteiger partial charge in [0.15, 0.2) is 11.5 Å². The Morgan fingerprint density at radius 1 is 0.778 bits per heavy atom. The van der Waals surface area contributed by atoms with Crippen LogP contribution in [-0.4, -0.2) is 22.4 Å². The van der Waals surface area contributed by atoms with Gasteiger partial charge in [-0.15, -0.1) is 0 Å². The SMILES string of the molecule is O=C(Nc1cccc(CCc2nc3ccccc3n2-c2ccccc2)c1)Nc1ccc2c(c1)OCO2. The van der Waals surface area contributed by atoms with Gasteiger partial charge in [0.2, 0.25) is 6.79 Å². The zero-order valence-corrected chi connectivity index (χ0v) is 19.5. The highest BCUT2D eigenvalue weighted by Gasteiger charge is 2.15. The van der Waals surface area contributed by atoms with Gasteiger partial charge in [0, 0.05) is 29.5 Å². The van der Waals surface area contributed by atoms with Crippen LogP contribution in [0.3, 0.4) is 0 Å². The van der Waals surface area contributed by atoms with Crippen LogP contribution >= 0.6 is 0 Å². The second-order valence-electron chi connectivity index (χ2n) is 8.54. The van der Waals surface area contributed by atoms with E-state index < -0.39 is 0 Å². The number of benzene rings is 4. The van der Waals surface area contributed by atoms with E-state index in [2.05, 4.69) is 39.5 Å². The molecule has 0 unspecified atom stereocenters. The highest BCUT2D eigenvalue weighted by molar-refractivity contribution is 6.00. The average Bonchev–Trinajstić information content (AvgIpc) is 3.52. The van der Waals surface area contributed by atoms with Crippen LogP contribution in [0.4, 0.5) is 16.2 Å². The van der Waals surface area contributed by atoms with Crippen LogP contribution < -0.4 is 20.1 Å². The summed E-state index contributed by atoms with van der Waals surface area (Å²) in [5.41, 5.74) is 5.63. The summed E-state index contributed by atoms with van der Waals surface area (Å²) in [7, 11) is 0. The van der Waals surface area contributed by atoms with E-state index >= 15 is 0 Å². The molecule has 2 amide bonds. The maximum Gasteiger partial charge on any atom is 0.323 e. The van der Waals surface area contributed by atoms with E-state index in [1.54, 1.807) is 18.2 Å². The zero-order valence-electron chi connectivity index (χ0n) is 19.5. The smallest absolute Gasteiger partial charge is 0.323 e. The summed E-state index contributed by atoms with van der Waals surface area (Å²) >= 11 is 0. The largest absolute Gasteiger partial charge is 0.454 e. The first-order chi connectivity index (χ1) is 17.7. The number of nitrogens with one attached hydrogen (secondary N) is 2. The maximum absolute atomic E-state index is 12.6. The summed E-state index contributed by atoms with van der Waals surface area (Å²) in [6.07, 6.45) is 1.55. The second kappa shape index (κ2) is 9.46. The van der Waals surface area contributed by atoms with Gasteiger partial charge in [-0.05, 0) is 60.5 Å². The van der Waals surface area contributed by atoms with Gasteiger partial charge >= 0.3 is 6.03 Å².